The standard InChI is InChI=1S/C14H17F3N2O2/c1-5-19(14(2,3)4)13(21)12(20)18-9-7-6-8(15)10(16)11(9)17/h6-7H,5H2,1-4H3,(H,18,20). The number of halogens is 3. The Bertz CT molecular complexity index is 568. The third-order valence-electron chi connectivity index (χ3n) is 2.85. The highest BCUT2D eigenvalue weighted by Gasteiger charge is 2.30. The first-order valence-electron chi connectivity index (χ1n) is 6.36. The van der Waals surface area contributed by atoms with Gasteiger partial charge in [0.15, 0.2) is 17.5 Å². The molecule has 0 heterocycles. The first-order valence-corrected chi connectivity index (χ1v) is 6.36. The van der Waals surface area contributed by atoms with E-state index in [9.17, 15) is 22.8 Å². The van der Waals surface area contributed by atoms with E-state index in [1.54, 1.807) is 27.7 Å². The number of rotatable bonds is 2. The monoisotopic (exact) mass is 302 g/mol. The summed E-state index contributed by atoms with van der Waals surface area (Å²) in [5.74, 6) is -6.62. The maximum atomic E-state index is 13.4. The topological polar surface area (TPSA) is 49.4 Å². The summed E-state index contributed by atoms with van der Waals surface area (Å²) in [6, 6.07) is 1.52. The highest BCUT2D eigenvalue weighted by atomic mass is 19.2. The van der Waals surface area contributed by atoms with Crippen molar-refractivity contribution < 1.29 is 22.8 Å². The van der Waals surface area contributed by atoms with E-state index < -0.39 is 40.5 Å². The molecule has 0 unspecified atom stereocenters. The van der Waals surface area contributed by atoms with Gasteiger partial charge in [-0.25, -0.2) is 13.2 Å². The molecule has 0 saturated heterocycles. The third-order valence-corrected chi connectivity index (χ3v) is 2.85. The van der Waals surface area contributed by atoms with Crippen LogP contribution in [0, 0.1) is 17.5 Å². The van der Waals surface area contributed by atoms with Gasteiger partial charge in [-0.3, -0.25) is 9.59 Å². The van der Waals surface area contributed by atoms with Crippen LogP contribution in [-0.4, -0.2) is 28.8 Å². The van der Waals surface area contributed by atoms with Crippen LogP contribution >= 0.6 is 0 Å². The summed E-state index contributed by atoms with van der Waals surface area (Å²) < 4.78 is 39.3. The summed E-state index contributed by atoms with van der Waals surface area (Å²) in [6.07, 6.45) is 0. The van der Waals surface area contributed by atoms with Crippen LogP contribution < -0.4 is 5.32 Å². The fraction of sp³-hybridized carbons (Fsp3) is 0.429. The van der Waals surface area contributed by atoms with E-state index >= 15 is 0 Å². The Labute approximate surface area is 120 Å². The van der Waals surface area contributed by atoms with E-state index in [4.69, 9.17) is 0 Å². The van der Waals surface area contributed by atoms with E-state index in [0.29, 0.717) is 6.07 Å². The average molecular weight is 302 g/mol. The molecule has 4 nitrogen and oxygen atoms in total. The molecule has 1 aromatic rings. The van der Waals surface area contributed by atoms with E-state index in [1.807, 2.05) is 5.32 Å². The van der Waals surface area contributed by atoms with Crippen LogP contribution in [0.5, 0.6) is 0 Å². The molecule has 2 amide bonds. The minimum Gasteiger partial charge on any atom is -0.330 e. The van der Waals surface area contributed by atoms with Crippen molar-refractivity contribution in [1.29, 1.82) is 0 Å². The number of carbonyl (C=O) groups excluding carboxylic acids is 2. The summed E-state index contributed by atoms with van der Waals surface area (Å²) in [5, 5.41) is 1.95. The van der Waals surface area contributed by atoms with Crippen molar-refractivity contribution in [3.8, 4) is 0 Å². The molecule has 1 rings (SSSR count). The molecule has 0 aliphatic carbocycles. The molecule has 1 aromatic carbocycles. The van der Waals surface area contributed by atoms with E-state index in [2.05, 4.69) is 0 Å². The summed E-state index contributed by atoms with van der Waals surface area (Å²) in [4.78, 5) is 25.1. The maximum Gasteiger partial charge on any atom is 0.314 e. The quantitative estimate of drug-likeness (QED) is 0.674. The Balaban J connectivity index is 2.96. The molecule has 0 spiro atoms. The second kappa shape index (κ2) is 6.15. The zero-order valence-corrected chi connectivity index (χ0v) is 12.3. The number of hydrogen-bond acceptors (Lipinski definition) is 2. The SMILES string of the molecule is CCN(C(=O)C(=O)Nc1ccc(F)c(F)c1F)C(C)(C)C. The Morgan fingerprint density at radius 3 is 2.19 bits per heavy atom. The molecule has 0 aromatic heterocycles. The second-order valence-electron chi connectivity index (χ2n) is 5.40. The lowest BCUT2D eigenvalue weighted by Crippen LogP contribution is -2.49. The van der Waals surface area contributed by atoms with Crippen LogP contribution in [0.2, 0.25) is 0 Å². The number of anilines is 1. The van der Waals surface area contributed by atoms with Crippen LogP contribution in [-0.2, 0) is 9.59 Å². The Morgan fingerprint density at radius 1 is 1.14 bits per heavy atom. The Kier molecular flexibility index (Phi) is 4.98. The van der Waals surface area contributed by atoms with E-state index in [1.165, 1.54) is 4.90 Å². The van der Waals surface area contributed by atoms with Crippen molar-refractivity contribution in [3.05, 3.63) is 29.6 Å². The van der Waals surface area contributed by atoms with Gasteiger partial charge in [0.25, 0.3) is 0 Å². The van der Waals surface area contributed by atoms with Gasteiger partial charge in [0, 0.05) is 12.1 Å². The molecule has 0 fully saturated rings. The highest BCUT2D eigenvalue weighted by Crippen LogP contribution is 2.20. The smallest absolute Gasteiger partial charge is 0.314 e. The first-order chi connectivity index (χ1) is 9.59. The predicted octanol–water partition coefficient (Wildman–Crippen LogP) is 2.69. The molecular weight excluding hydrogens is 285 g/mol. The summed E-state index contributed by atoms with van der Waals surface area (Å²) in [7, 11) is 0. The van der Waals surface area contributed by atoms with Gasteiger partial charge in [-0.15, -0.1) is 0 Å². The van der Waals surface area contributed by atoms with Crippen LogP contribution in [0.3, 0.4) is 0 Å². The van der Waals surface area contributed by atoms with Gasteiger partial charge in [0.2, 0.25) is 0 Å². The molecular formula is C14H17F3N2O2. The van der Waals surface area contributed by atoms with Crippen molar-refractivity contribution in [2.45, 2.75) is 33.2 Å². The highest BCUT2D eigenvalue weighted by molar-refractivity contribution is 6.39. The van der Waals surface area contributed by atoms with Crippen LogP contribution in [0.1, 0.15) is 27.7 Å². The number of amides is 2. The van der Waals surface area contributed by atoms with Gasteiger partial charge in [-0.1, -0.05) is 0 Å². The minimum absolute atomic E-state index is 0.274. The number of hydrogen-bond donors (Lipinski definition) is 1. The average Bonchev–Trinajstić information content (AvgIpc) is 2.38. The molecule has 7 heteroatoms. The number of nitrogens with zero attached hydrogens (tertiary/aromatic N) is 1. The molecule has 0 saturated carbocycles. The summed E-state index contributed by atoms with van der Waals surface area (Å²) >= 11 is 0. The number of nitrogens with one attached hydrogen (secondary N) is 1. The Hall–Kier alpha value is -2.05. The maximum absolute atomic E-state index is 13.4. The summed E-state index contributed by atoms with van der Waals surface area (Å²) in [6.45, 7) is 7.17. The summed E-state index contributed by atoms with van der Waals surface area (Å²) in [5.41, 5.74) is -1.19. The number of benzene rings is 1. The van der Waals surface area contributed by atoms with Gasteiger partial charge < -0.3 is 10.2 Å². The molecule has 0 atom stereocenters. The van der Waals surface area contributed by atoms with Crippen molar-refractivity contribution in [1.82, 2.24) is 4.90 Å². The fourth-order valence-corrected chi connectivity index (χ4v) is 1.84. The van der Waals surface area contributed by atoms with Crippen LogP contribution in [0.25, 0.3) is 0 Å². The number of carbonyl (C=O) groups is 2. The molecule has 0 aliphatic rings. The van der Waals surface area contributed by atoms with Gasteiger partial charge in [-0.05, 0) is 39.8 Å². The minimum atomic E-state index is -1.71. The van der Waals surface area contributed by atoms with Crippen molar-refractivity contribution in [2.75, 3.05) is 11.9 Å². The lowest BCUT2D eigenvalue weighted by molar-refractivity contribution is -0.146. The molecule has 1 N–H and O–H groups in total. The fourth-order valence-electron chi connectivity index (χ4n) is 1.84. The van der Waals surface area contributed by atoms with Crippen molar-refractivity contribution in [2.24, 2.45) is 0 Å². The zero-order valence-electron chi connectivity index (χ0n) is 12.3. The molecule has 0 bridgehead atoms. The van der Waals surface area contributed by atoms with Gasteiger partial charge in [0.05, 0.1) is 5.69 Å². The first kappa shape index (κ1) is 17.0. The lowest BCUT2D eigenvalue weighted by atomic mass is 10.1. The lowest BCUT2D eigenvalue weighted by Gasteiger charge is -2.34. The van der Waals surface area contributed by atoms with Gasteiger partial charge >= 0.3 is 11.8 Å². The predicted molar refractivity (Wildman–Crippen MR) is 72.1 cm³/mol. The van der Waals surface area contributed by atoms with Crippen LogP contribution in [0.15, 0.2) is 12.1 Å². The van der Waals surface area contributed by atoms with Crippen molar-refractivity contribution in [3.63, 3.8) is 0 Å². The van der Waals surface area contributed by atoms with E-state index in [0.717, 1.165) is 6.07 Å². The number of likely N-dealkylation sites (N-methyl/N-ethyl adjacent to an activating group) is 1. The van der Waals surface area contributed by atoms with E-state index in [-0.39, 0.29) is 6.54 Å². The van der Waals surface area contributed by atoms with Gasteiger partial charge in [0.1, 0.15) is 0 Å². The molecule has 116 valence electrons. The second-order valence-corrected chi connectivity index (χ2v) is 5.40. The zero-order chi connectivity index (χ0) is 16.4. The largest absolute Gasteiger partial charge is 0.330 e. The molecule has 0 radical (unpaired) electrons. The van der Waals surface area contributed by atoms with Crippen molar-refractivity contribution >= 4 is 17.5 Å². The van der Waals surface area contributed by atoms with Crippen LogP contribution in [0.4, 0.5) is 18.9 Å². The molecule has 0 aliphatic heterocycles. The van der Waals surface area contributed by atoms with Gasteiger partial charge in [-0.2, -0.15) is 0 Å². The third kappa shape index (κ3) is 3.74. The Morgan fingerprint density at radius 2 is 1.71 bits per heavy atom. The molecule has 21 heavy (non-hydrogen) atoms. The normalized spacial score (nSPS) is 11.2.